The molecule has 5 heteroatoms. The van der Waals surface area contributed by atoms with Gasteiger partial charge in [-0.05, 0) is 44.9 Å². The Bertz CT molecular complexity index is 865. The number of carbonyl (C=O) groups excluding carboxylic acids is 1. The number of nitrogens with one attached hydrogen (secondary N) is 1. The number of benzene rings is 1. The number of nitriles is 1. The fraction of sp³-hybridized carbons (Fsp3) is 0.286. The molecule has 26 heavy (non-hydrogen) atoms. The molecule has 134 valence electrons. The van der Waals surface area contributed by atoms with Crippen molar-refractivity contribution in [2.75, 3.05) is 11.9 Å². The molecule has 0 radical (unpaired) electrons. The highest BCUT2D eigenvalue weighted by atomic mass is 16.5. The zero-order chi connectivity index (χ0) is 19.1. The van der Waals surface area contributed by atoms with Crippen LogP contribution >= 0.6 is 0 Å². The molecule has 0 bridgehead atoms. The Hall–Kier alpha value is -3.13. The average molecular weight is 349 g/mol. The summed E-state index contributed by atoms with van der Waals surface area (Å²) in [6.07, 6.45) is 2.24. The van der Waals surface area contributed by atoms with Gasteiger partial charge in [0.15, 0.2) is 0 Å². The molecule has 0 saturated heterocycles. The van der Waals surface area contributed by atoms with E-state index in [-0.39, 0.29) is 17.7 Å². The average Bonchev–Trinajstić information content (AvgIpc) is 2.67. The van der Waals surface area contributed by atoms with Crippen molar-refractivity contribution in [2.45, 2.75) is 34.1 Å². The van der Waals surface area contributed by atoms with Crippen molar-refractivity contribution in [3.63, 3.8) is 0 Å². The summed E-state index contributed by atoms with van der Waals surface area (Å²) < 4.78 is 5.08. The van der Waals surface area contributed by atoms with Gasteiger partial charge >= 0.3 is 5.97 Å². The van der Waals surface area contributed by atoms with Crippen LogP contribution in [0.4, 0.5) is 11.5 Å². The molecule has 0 unspecified atom stereocenters. The van der Waals surface area contributed by atoms with Crippen molar-refractivity contribution in [3.05, 3.63) is 58.8 Å². The van der Waals surface area contributed by atoms with Crippen molar-refractivity contribution in [3.8, 4) is 6.07 Å². The van der Waals surface area contributed by atoms with E-state index in [0.29, 0.717) is 11.4 Å². The summed E-state index contributed by atoms with van der Waals surface area (Å²) in [5, 5.41) is 13.0. The van der Waals surface area contributed by atoms with E-state index in [0.717, 1.165) is 23.3 Å². The first-order valence-electron chi connectivity index (χ1n) is 8.62. The van der Waals surface area contributed by atoms with Gasteiger partial charge in [-0.3, -0.25) is 0 Å². The number of aromatic nitrogens is 1. The van der Waals surface area contributed by atoms with Gasteiger partial charge in [-0.2, -0.15) is 5.26 Å². The molecule has 0 aliphatic rings. The van der Waals surface area contributed by atoms with Crippen molar-refractivity contribution in [2.24, 2.45) is 0 Å². The van der Waals surface area contributed by atoms with Crippen LogP contribution in [0.3, 0.4) is 0 Å². The zero-order valence-corrected chi connectivity index (χ0v) is 15.6. The summed E-state index contributed by atoms with van der Waals surface area (Å²) in [5.41, 5.74) is 4.02. The number of allylic oxidation sites excluding steroid dienone is 2. The maximum Gasteiger partial charge on any atom is 0.341 e. The number of nitrogens with zero attached hydrogens (tertiary/aromatic N) is 2. The van der Waals surface area contributed by atoms with Gasteiger partial charge in [0, 0.05) is 17.4 Å². The number of pyridine rings is 1. The Morgan fingerprint density at radius 2 is 1.92 bits per heavy atom. The summed E-state index contributed by atoms with van der Waals surface area (Å²) in [5.74, 6) is 0.0112. The lowest BCUT2D eigenvalue weighted by Gasteiger charge is -2.17. The van der Waals surface area contributed by atoms with Crippen LogP contribution in [-0.2, 0) is 4.74 Å². The highest BCUT2D eigenvalue weighted by Gasteiger charge is 2.22. The van der Waals surface area contributed by atoms with Crippen LogP contribution in [0, 0.1) is 11.3 Å². The highest BCUT2D eigenvalue weighted by molar-refractivity contribution is 5.96. The van der Waals surface area contributed by atoms with Gasteiger partial charge in [-0.25, -0.2) is 9.78 Å². The molecule has 0 saturated carbocycles. The van der Waals surface area contributed by atoms with Crippen LogP contribution in [-0.4, -0.2) is 17.6 Å². The van der Waals surface area contributed by atoms with Crippen molar-refractivity contribution >= 4 is 23.0 Å². The first kappa shape index (κ1) is 19.2. The predicted octanol–water partition coefficient (Wildman–Crippen LogP) is 5.08. The Labute approximate surface area is 154 Å². The Morgan fingerprint density at radius 3 is 2.50 bits per heavy atom. The normalized spacial score (nSPS) is 11.3. The van der Waals surface area contributed by atoms with Gasteiger partial charge in [0.25, 0.3) is 0 Å². The summed E-state index contributed by atoms with van der Waals surface area (Å²) in [6.45, 7) is 7.99. The molecule has 1 aromatic carbocycles. The number of hydrogen-bond donors (Lipinski definition) is 1. The van der Waals surface area contributed by atoms with E-state index in [4.69, 9.17) is 4.74 Å². The maximum absolute atomic E-state index is 12.3. The standard InChI is InChI=1S/C21H23N3O2/c1-5-14(3)15(4)19-17(12-22)18(21(25)26-6-2)13-23-20(19)24-16-10-8-7-9-11-16/h7-11,13H,5-6H2,1-4H3,(H,23,24)/b15-14+. The van der Waals surface area contributed by atoms with Gasteiger partial charge in [0.05, 0.1) is 17.7 Å². The van der Waals surface area contributed by atoms with E-state index in [2.05, 4.69) is 23.3 Å². The van der Waals surface area contributed by atoms with Crippen molar-refractivity contribution in [1.29, 1.82) is 5.26 Å². The smallest absolute Gasteiger partial charge is 0.341 e. The number of hydrogen-bond acceptors (Lipinski definition) is 5. The summed E-state index contributed by atoms with van der Waals surface area (Å²) in [6, 6.07) is 11.8. The minimum absolute atomic E-state index is 0.186. The molecule has 1 heterocycles. The maximum atomic E-state index is 12.3. The Morgan fingerprint density at radius 1 is 1.23 bits per heavy atom. The second-order valence-electron chi connectivity index (χ2n) is 5.85. The quantitative estimate of drug-likeness (QED) is 0.736. The van der Waals surface area contributed by atoms with Crippen LogP contribution in [0.1, 0.15) is 55.6 Å². The van der Waals surface area contributed by atoms with Crippen LogP contribution < -0.4 is 5.32 Å². The third-order valence-electron chi connectivity index (χ3n) is 4.27. The molecular formula is C21H23N3O2. The van der Waals surface area contributed by atoms with Crippen molar-refractivity contribution in [1.82, 2.24) is 4.98 Å². The minimum atomic E-state index is -0.536. The third kappa shape index (κ3) is 4.09. The van der Waals surface area contributed by atoms with Crippen LogP contribution in [0.5, 0.6) is 0 Å². The number of para-hydroxylation sites is 1. The molecule has 0 spiro atoms. The van der Waals surface area contributed by atoms with Gasteiger partial charge < -0.3 is 10.1 Å². The molecule has 0 fully saturated rings. The molecule has 0 amide bonds. The van der Waals surface area contributed by atoms with E-state index < -0.39 is 5.97 Å². The van der Waals surface area contributed by atoms with E-state index in [1.165, 1.54) is 6.20 Å². The van der Waals surface area contributed by atoms with E-state index in [1.54, 1.807) is 6.92 Å². The van der Waals surface area contributed by atoms with E-state index in [9.17, 15) is 10.1 Å². The topological polar surface area (TPSA) is 75.0 Å². The lowest BCUT2D eigenvalue weighted by molar-refractivity contribution is 0.0525. The summed E-state index contributed by atoms with van der Waals surface area (Å²) in [4.78, 5) is 16.7. The predicted molar refractivity (Wildman–Crippen MR) is 103 cm³/mol. The third-order valence-corrected chi connectivity index (χ3v) is 4.27. The summed E-state index contributed by atoms with van der Waals surface area (Å²) >= 11 is 0. The minimum Gasteiger partial charge on any atom is -0.462 e. The first-order chi connectivity index (χ1) is 12.5. The number of anilines is 2. The monoisotopic (exact) mass is 349 g/mol. The van der Waals surface area contributed by atoms with E-state index >= 15 is 0 Å². The van der Waals surface area contributed by atoms with Crippen LogP contribution in [0.25, 0.3) is 5.57 Å². The number of ether oxygens (including phenoxy) is 1. The SMILES string of the molecule is CCOC(=O)c1cnc(Nc2ccccc2)c(/C(C)=C(\C)CC)c1C#N. The lowest BCUT2D eigenvalue weighted by atomic mass is 9.94. The Balaban J connectivity index is 2.69. The number of esters is 1. The van der Waals surface area contributed by atoms with Crippen molar-refractivity contribution < 1.29 is 9.53 Å². The first-order valence-corrected chi connectivity index (χ1v) is 8.62. The molecule has 0 aliphatic heterocycles. The molecule has 1 aromatic heterocycles. The molecule has 0 atom stereocenters. The zero-order valence-electron chi connectivity index (χ0n) is 15.6. The van der Waals surface area contributed by atoms with E-state index in [1.807, 2.05) is 44.2 Å². The number of rotatable bonds is 6. The molecular weight excluding hydrogens is 326 g/mol. The summed E-state index contributed by atoms with van der Waals surface area (Å²) in [7, 11) is 0. The fourth-order valence-corrected chi connectivity index (χ4v) is 2.59. The Kier molecular flexibility index (Phi) is 6.51. The molecule has 2 aromatic rings. The molecule has 2 rings (SSSR count). The van der Waals surface area contributed by atoms with Crippen LogP contribution in [0.15, 0.2) is 42.1 Å². The molecule has 0 aliphatic carbocycles. The van der Waals surface area contributed by atoms with Crippen LogP contribution in [0.2, 0.25) is 0 Å². The number of carbonyl (C=O) groups is 1. The largest absolute Gasteiger partial charge is 0.462 e. The second kappa shape index (κ2) is 8.82. The fourth-order valence-electron chi connectivity index (χ4n) is 2.59. The molecule has 1 N–H and O–H groups in total. The second-order valence-corrected chi connectivity index (χ2v) is 5.85. The van der Waals surface area contributed by atoms with Gasteiger partial charge in [0.1, 0.15) is 11.9 Å². The van der Waals surface area contributed by atoms with Gasteiger partial charge in [0.2, 0.25) is 0 Å². The lowest BCUT2D eigenvalue weighted by Crippen LogP contribution is -2.11. The van der Waals surface area contributed by atoms with Gasteiger partial charge in [-0.15, -0.1) is 0 Å². The highest BCUT2D eigenvalue weighted by Crippen LogP contribution is 2.32. The molecule has 5 nitrogen and oxygen atoms in total. The van der Waals surface area contributed by atoms with Gasteiger partial charge in [-0.1, -0.05) is 30.7 Å².